The number of rotatable bonds is 3. The molecular weight excluding hydrogens is 212 g/mol. The topological polar surface area (TPSA) is 84.9 Å². The Morgan fingerprint density at radius 2 is 2.36 bits per heavy atom. The quantitative estimate of drug-likeness (QED) is 0.706. The highest BCUT2D eigenvalue weighted by molar-refractivity contribution is 7.87. The lowest BCUT2D eigenvalue weighted by Crippen LogP contribution is -2.41. The van der Waals surface area contributed by atoms with Crippen LogP contribution in [-0.4, -0.2) is 38.7 Å². The van der Waals surface area contributed by atoms with E-state index in [4.69, 9.17) is 4.84 Å². The fraction of sp³-hybridized carbons (Fsp3) is 0.833. The molecule has 0 radical (unpaired) electrons. The number of hydrogen-bond acceptors (Lipinski definition) is 5. The molecule has 1 heterocycles. The first-order valence-electron chi connectivity index (χ1n) is 4.16. The fourth-order valence-corrected chi connectivity index (χ4v) is 1.89. The SMILES string of the molecule is CCOC(=O)NS(=O)(=O)N1CCCO1. The average Bonchev–Trinajstić information content (AvgIpc) is 2.54. The van der Waals surface area contributed by atoms with Gasteiger partial charge in [-0.05, 0) is 13.3 Å². The molecule has 7 nitrogen and oxygen atoms in total. The van der Waals surface area contributed by atoms with Gasteiger partial charge in [-0.15, -0.1) is 0 Å². The minimum Gasteiger partial charge on any atom is -0.449 e. The molecule has 0 aromatic heterocycles. The lowest BCUT2D eigenvalue weighted by atomic mass is 10.5. The van der Waals surface area contributed by atoms with Gasteiger partial charge < -0.3 is 4.74 Å². The Morgan fingerprint density at radius 3 is 2.86 bits per heavy atom. The van der Waals surface area contributed by atoms with Crippen molar-refractivity contribution in [1.29, 1.82) is 0 Å². The summed E-state index contributed by atoms with van der Waals surface area (Å²) in [4.78, 5) is 15.6. The third-order valence-corrected chi connectivity index (χ3v) is 2.72. The van der Waals surface area contributed by atoms with Gasteiger partial charge in [0.2, 0.25) is 0 Å². The van der Waals surface area contributed by atoms with Crippen LogP contribution in [0.15, 0.2) is 0 Å². The maximum absolute atomic E-state index is 11.3. The van der Waals surface area contributed by atoms with Crippen molar-refractivity contribution in [3.8, 4) is 0 Å². The van der Waals surface area contributed by atoms with E-state index >= 15 is 0 Å². The highest BCUT2D eigenvalue weighted by Gasteiger charge is 2.28. The van der Waals surface area contributed by atoms with Crippen LogP contribution in [0, 0.1) is 0 Å². The summed E-state index contributed by atoms with van der Waals surface area (Å²) in [6, 6.07) is 0. The second-order valence-electron chi connectivity index (χ2n) is 2.54. The number of carbonyl (C=O) groups excluding carboxylic acids is 1. The Balaban J connectivity index is 2.52. The van der Waals surface area contributed by atoms with Gasteiger partial charge >= 0.3 is 16.3 Å². The van der Waals surface area contributed by atoms with E-state index in [9.17, 15) is 13.2 Å². The van der Waals surface area contributed by atoms with Crippen molar-refractivity contribution in [2.75, 3.05) is 19.8 Å². The predicted octanol–water partition coefficient (Wildman–Crippen LogP) is -0.385. The normalized spacial score (nSPS) is 18.1. The Hall–Kier alpha value is -0.860. The van der Waals surface area contributed by atoms with Crippen LogP contribution in [0.5, 0.6) is 0 Å². The number of nitrogens with one attached hydrogen (secondary N) is 1. The Kier molecular flexibility index (Phi) is 3.67. The summed E-state index contributed by atoms with van der Waals surface area (Å²) in [6.07, 6.45) is -0.382. The molecular formula is C6H12N2O5S. The van der Waals surface area contributed by atoms with Crippen LogP contribution in [0.2, 0.25) is 0 Å². The number of ether oxygens (including phenoxy) is 1. The number of carbonyl (C=O) groups is 1. The first-order chi connectivity index (χ1) is 6.56. The maximum atomic E-state index is 11.3. The Labute approximate surface area is 82.1 Å². The van der Waals surface area contributed by atoms with Crippen LogP contribution in [0.3, 0.4) is 0 Å². The highest BCUT2D eigenvalue weighted by atomic mass is 32.2. The van der Waals surface area contributed by atoms with Crippen molar-refractivity contribution in [2.45, 2.75) is 13.3 Å². The summed E-state index contributed by atoms with van der Waals surface area (Å²) in [5.41, 5.74) is 0. The fourth-order valence-electron chi connectivity index (χ4n) is 0.931. The standard InChI is InChI=1S/C6H12N2O5S/c1-2-12-6(9)7-14(10,11)8-4-3-5-13-8/h2-5H2,1H3,(H,7,9). The molecule has 0 aromatic rings. The molecule has 0 saturated carbocycles. The van der Waals surface area contributed by atoms with Gasteiger partial charge in [-0.1, -0.05) is 4.47 Å². The van der Waals surface area contributed by atoms with Crippen LogP contribution in [0.25, 0.3) is 0 Å². The third-order valence-electron chi connectivity index (χ3n) is 1.48. The number of nitrogens with zero attached hydrogens (tertiary/aromatic N) is 1. The van der Waals surface area contributed by atoms with E-state index in [0.717, 1.165) is 4.47 Å². The molecule has 0 aliphatic carbocycles. The minimum atomic E-state index is -3.89. The molecule has 1 fully saturated rings. The molecule has 0 atom stereocenters. The minimum absolute atomic E-state index is 0.113. The lowest BCUT2D eigenvalue weighted by Gasteiger charge is -2.14. The van der Waals surface area contributed by atoms with E-state index in [1.54, 1.807) is 11.6 Å². The first kappa shape index (κ1) is 11.2. The second kappa shape index (κ2) is 4.58. The van der Waals surface area contributed by atoms with Gasteiger partial charge in [0.15, 0.2) is 0 Å². The zero-order valence-electron chi connectivity index (χ0n) is 7.73. The summed E-state index contributed by atoms with van der Waals surface area (Å²) < 4.78 is 29.5. The number of amides is 1. The summed E-state index contributed by atoms with van der Waals surface area (Å²) in [5, 5.41) is 0. The number of hydrogen-bond donors (Lipinski definition) is 1. The van der Waals surface area contributed by atoms with Crippen LogP contribution < -0.4 is 4.72 Å². The largest absolute Gasteiger partial charge is 0.449 e. The van der Waals surface area contributed by atoms with Gasteiger partial charge in [0.05, 0.1) is 13.2 Å². The van der Waals surface area contributed by atoms with Crippen LogP contribution in [0.4, 0.5) is 4.79 Å². The molecule has 8 heteroatoms. The van der Waals surface area contributed by atoms with Gasteiger partial charge in [0.1, 0.15) is 0 Å². The van der Waals surface area contributed by atoms with Gasteiger partial charge in [-0.25, -0.2) is 9.52 Å². The first-order valence-corrected chi connectivity index (χ1v) is 5.60. The molecule has 1 aliphatic rings. The smallest absolute Gasteiger partial charge is 0.421 e. The molecule has 0 aromatic carbocycles. The molecule has 0 unspecified atom stereocenters. The van der Waals surface area contributed by atoms with Crippen molar-refractivity contribution < 1.29 is 22.8 Å². The van der Waals surface area contributed by atoms with E-state index in [-0.39, 0.29) is 13.2 Å². The molecule has 14 heavy (non-hydrogen) atoms. The van der Waals surface area contributed by atoms with Gasteiger partial charge in [0, 0.05) is 6.54 Å². The molecule has 1 saturated heterocycles. The molecule has 0 bridgehead atoms. The lowest BCUT2D eigenvalue weighted by molar-refractivity contribution is -0.0296. The van der Waals surface area contributed by atoms with Crippen LogP contribution in [-0.2, 0) is 19.8 Å². The Bertz CT molecular complexity index is 295. The monoisotopic (exact) mass is 224 g/mol. The van der Waals surface area contributed by atoms with Gasteiger partial charge in [0.25, 0.3) is 0 Å². The maximum Gasteiger partial charge on any atom is 0.421 e. The van der Waals surface area contributed by atoms with E-state index < -0.39 is 16.3 Å². The van der Waals surface area contributed by atoms with Crippen molar-refractivity contribution in [1.82, 2.24) is 9.19 Å². The van der Waals surface area contributed by atoms with Crippen molar-refractivity contribution in [3.63, 3.8) is 0 Å². The van der Waals surface area contributed by atoms with Crippen LogP contribution >= 0.6 is 0 Å². The van der Waals surface area contributed by atoms with Gasteiger partial charge in [-0.3, -0.25) is 4.84 Å². The zero-order valence-corrected chi connectivity index (χ0v) is 8.54. The average molecular weight is 224 g/mol. The molecule has 1 aliphatic heterocycles. The molecule has 82 valence electrons. The van der Waals surface area contributed by atoms with E-state index in [0.29, 0.717) is 13.0 Å². The molecule has 1 N–H and O–H groups in total. The van der Waals surface area contributed by atoms with Crippen LogP contribution in [0.1, 0.15) is 13.3 Å². The summed E-state index contributed by atoms with van der Waals surface area (Å²) >= 11 is 0. The highest BCUT2D eigenvalue weighted by Crippen LogP contribution is 2.08. The summed E-state index contributed by atoms with van der Waals surface area (Å²) in [6.45, 7) is 2.28. The van der Waals surface area contributed by atoms with E-state index in [1.807, 2.05) is 0 Å². The second-order valence-corrected chi connectivity index (χ2v) is 4.10. The van der Waals surface area contributed by atoms with E-state index in [2.05, 4.69) is 4.74 Å². The molecule has 1 rings (SSSR count). The third kappa shape index (κ3) is 2.82. The summed E-state index contributed by atoms with van der Waals surface area (Å²) in [7, 11) is -3.89. The van der Waals surface area contributed by atoms with Crippen molar-refractivity contribution in [3.05, 3.63) is 0 Å². The van der Waals surface area contributed by atoms with E-state index in [1.165, 1.54) is 0 Å². The van der Waals surface area contributed by atoms with Crippen molar-refractivity contribution in [2.24, 2.45) is 0 Å². The summed E-state index contributed by atoms with van der Waals surface area (Å²) in [5.74, 6) is 0. The number of hydroxylamine groups is 1. The van der Waals surface area contributed by atoms with Crippen molar-refractivity contribution >= 4 is 16.3 Å². The predicted molar refractivity (Wildman–Crippen MR) is 46.4 cm³/mol. The Morgan fingerprint density at radius 1 is 1.64 bits per heavy atom. The molecule has 1 amide bonds. The van der Waals surface area contributed by atoms with Gasteiger partial charge in [-0.2, -0.15) is 8.42 Å². The molecule has 0 spiro atoms. The zero-order chi connectivity index (χ0) is 10.6.